The third-order valence-electron chi connectivity index (χ3n) is 8.34. The highest BCUT2D eigenvalue weighted by atomic mass is 35.5. The van der Waals surface area contributed by atoms with E-state index in [1.807, 2.05) is 37.3 Å². The summed E-state index contributed by atoms with van der Waals surface area (Å²) in [5, 5.41) is 3.92. The van der Waals surface area contributed by atoms with Gasteiger partial charge in [0.15, 0.2) is 0 Å². The molecule has 4 aromatic carbocycles. The lowest BCUT2D eigenvalue weighted by atomic mass is 10.0. The number of carbonyl (C=O) groups excluding carboxylic acids is 2. The summed E-state index contributed by atoms with van der Waals surface area (Å²) >= 11 is 19.5. The van der Waals surface area contributed by atoms with Crippen molar-refractivity contribution in [3.63, 3.8) is 0 Å². The Bertz CT molecular complexity index is 1820. The molecule has 5 rings (SSSR count). The van der Waals surface area contributed by atoms with E-state index in [0.29, 0.717) is 10.6 Å². The van der Waals surface area contributed by atoms with Crippen LogP contribution >= 0.6 is 34.8 Å². The molecular weight excluding hydrogens is 677 g/mol. The number of benzene rings is 4. The summed E-state index contributed by atoms with van der Waals surface area (Å²) in [6.45, 7) is 1.17. The van der Waals surface area contributed by atoms with Gasteiger partial charge in [-0.15, -0.1) is 0 Å². The Morgan fingerprint density at radius 1 is 0.851 bits per heavy atom. The highest BCUT2D eigenvalue weighted by Crippen LogP contribution is 2.34. The van der Waals surface area contributed by atoms with Gasteiger partial charge in [-0.2, -0.15) is 0 Å². The minimum Gasteiger partial charge on any atom is -0.352 e. The van der Waals surface area contributed by atoms with E-state index in [4.69, 9.17) is 34.8 Å². The average Bonchev–Trinajstić information content (AvgIpc) is 3.57. The molecule has 0 saturated heterocycles. The molecular formula is C36H36Cl3N3O4S. The van der Waals surface area contributed by atoms with Crippen LogP contribution in [-0.2, 0) is 32.6 Å². The van der Waals surface area contributed by atoms with Crippen LogP contribution in [0.4, 0.5) is 5.69 Å². The second-order valence-electron chi connectivity index (χ2n) is 11.7. The molecule has 0 spiro atoms. The number of halogens is 3. The Kier molecular flexibility index (Phi) is 11.5. The molecule has 11 heteroatoms. The number of hydrogen-bond acceptors (Lipinski definition) is 4. The molecule has 1 atom stereocenters. The van der Waals surface area contributed by atoms with Gasteiger partial charge in [0.25, 0.3) is 10.0 Å². The molecule has 0 radical (unpaired) electrons. The summed E-state index contributed by atoms with van der Waals surface area (Å²) in [6.07, 6.45) is 3.96. The van der Waals surface area contributed by atoms with E-state index in [2.05, 4.69) is 5.32 Å². The van der Waals surface area contributed by atoms with Gasteiger partial charge < -0.3 is 10.2 Å². The van der Waals surface area contributed by atoms with E-state index >= 15 is 0 Å². The van der Waals surface area contributed by atoms with E-state index in [-0.39, 0.29) is 45.5 Å². The number of hydrogen-bond donors (Lipinski definition) is 1. The molecule has 7 nitrogen and oxygen atoms in total. The zero-order chi connectivity index (χ0) is 33.6. The first kappa shape index (κ1) is 34.8. The topological polar surface area (TPSA) is 86.8 Å². The van der Waals surface area contributed by atoms with Crippen molar-refractivity contribution in [2.75, 3.05) is 10.8 Å². The van der Waals surface area contributed by atoms with Crippen LogP contribution in [0.5, 0.6) is 0 Å². The fraction of sp³-hybridized carbons (Fsp3) is 0.278. The Hall–Kier alpha value is -3.56. The molecule has 1 aliphatic carbocycles. The van der Waals surface area contributed by atoms with E-state index in [1.54, 1.807) is 42.5 Å². The molecule has 1 N–H and O–H groups in total. The highest BCUT2D eigenvalue weighted by Gasteiger charge is 2.36. The number of amides is 2. The Morgan fingerprint density at radius 3 is 2.19 bits per heavy atom. The maximum Gasteiger partial charge on any atom is 0.264 e. The standard InChI is InChI=1S/C36H36Cl3N3O4S/c1-25-15-18-30(19-16-25)47(45,46)42(33-22-28(37)17-20-32(33)39)24-35(43)41(23-27-11-5-8-14-31(27)38)34(21-26-9-3-2-4-10-26)36(44)40-29-12-6-7-13-29/h2-5,8-11,14-20,22,29,34H,6-7,12-13,21,23-24H2,1H3,(H,40,44). The van der Waals surface area contributed by atoms with Crippen molar-refractivity contribution in [2.24, 2.45) is 0 Å². The van der Waals surface area contributed by atoms with Gasteiger partial charge in [-0.25, -0.2) is 8.42 Å². The minimum atomic E-state index is -4.33. The van der Waals surface area contributed by atoms with Crippen molar-refractivity contribution >= 4 is 62.3 Å². The van der Waals surface area contributed by atoms with Crippen molar-refractivity contribution in [2.45, 2.75) is 62.6 Å². The fourth-order valence-electron chi connectivity index (χ4n) is 5.76. The number of rotatable bonds is 12. The van der Waals surface area contributed by atoms with Gasteiger partial charge >= 0.3 is 0 Å². The van der Waals surface area contributed by atoms with Gasteiger partial charge in [0.1, 0.15) is 12.6 Å². The summed E-state index contributed by atoms with van der Waals surface area (Å²) in [5.74, 6) is -0.922. The van der Waals surface area contributed by atoms with Crippen LogP contribution in [0.25, 0.3) is 0 Å². The average molecular weight is 713 g/mol. The van der Waals surface area contributed by atoms with E-state index < -0.39 is 28.5 Å². The molecule has 47 heavy (non-hydrogen) atoms. The minimum absolute atomic E-state index is 0.00159. The summed E-state index contributed by atoms with van der Waals surface area (Å²) in [6, 6.07) is 26.3. The van der Waals surface area contributed by atoms with Crippen molar-refractivity contribution in [1.82, 2.24) is 10.2 Å². The molecule has 1 unspecified atom stereocenters. The quantitative estimate of drug-likeness (QED) is 0.162. The number of carbonyl (C=O) groups is 2. The maximum atomic E-state index is 14.7. The number of anilines is 1. The van der Waals surface area contributed by atoms with Gasteiger partial charge in [-0.1, -0.05) is 114 Å². The lowest BCUT2D eigenvalue weighted by molar-refractivity contribution is -0.140. The number of sulfonamides is 1. The van der Waals surface area contributed by atoms with E-state index in [9.17, 15) is 18.0 Å². The zero-order valence-corrected chi connectivity index (χ0v) is 29.0. The van der Waals surface area contributed by atoms with Crippen molar-refractivity contribution in [3.05, 3.63) is 129 Å². The van der Waals surface area contributed by atoms with Gasteiger partial charge in [0.05, 0.1) is 15.6 Å². The maximum absolute atomic E-state index is 14.7. The van der Waals surface area contributed by atoms with E-state index in [0.717, 1.165) is 41.1 Å². The van der Waals surface area contributed by atoms with Gasteiger partial charge in [-0.05, 0) is 67.3 Å². The normalized spacial score (nSPS) is 14.0. The molecule has 0 bridgehead atoms. The zero-order valence-electron chi connectivity index (χ0n) is 25.9. The molecule has 246 valence electrons. The first-order chi connectivity index (χ1) is 22.5. The Labute approximate surface area is 291 Å². The van der Waals surface area contributed by atoms with Crippen LogP contribution in [-0.4, -0.2) is 43.8 Å². The molecule has 1 fully saturated rings. The lowest BCUT2D eigenvalue weighted by Gasteiger charge is -2.34. The third kappa shape index (κ3) is 8.68. The van der Waals surface area contributed by atoms with Crippen molar-refractivity contribution in [1.29, 1.82) is 0 Å². The molecule has 0 aliphatic heterocycles. The lowest BCUT2D eigenvalue weighted by Crippen LogP contribution is -2.54. The first-order valence-corrected chi connectivity index (χ1v) is 18.0. The molecule has 4 aromatic rings. The van der Waals surface area contributed by atoms with Crippen molar-refractivity contribution < 1.29 is 18.0 Å². The number of nitrogens with zero attached hydrogens (tertiary/aromatic N) is 2. The SMILES string of the molecule is Cc1ccc(S(=O)(=O)N(CC(=O)N(Cc2ccccc2Cl)C(Cc2ccccc2)C(=O)NC2CCCC2)c2cc(Cl)ccc2Cl)cc1. The molecule has 1 saturated carbocycles. The summed E-state index contributed by atoms with van der Waals surface area (Å²) < 4.78 is 29.5. The second-order valence-corrected chi connectivity index (χ2v) is 14.8. The fourth-order valence-corrected chi connectivity index (χ4v) is 7.82. The van der Waals surface area contributed by atoms with Gasteiger partial charge in [0.2, 0.25) is 11.8 Å². The van der Waals surface area contributed by atoms with Crippen LogP contribution in [0, 0.1) is 6.92 Å². The predicted octanol–water partition coefficient (Wildman–Crippen LogP) is 7.85. The van der Waals surface area contributed by atoms with Gasteiger partial charge in [-0.3, -0.25) is 13.9 Å². The van der Waals surface area contributed by atoms with Gasteiger partial charge in [0, 0.05) is 29.1 Å². The van der Waals surface area contributed by atoms with Crippen molar-refractivity contribution in [3.8, 4) is 0 Å². The van der Waals surface area contributed by atoms with Crippen LogP contribution in [0.15, 0.2) is 102 Å². The number of nitrogens with one attached hydrogen (secondary N) is 1. The highest BCUT2D eigenvalue weighted by molar-refractivity contribution is 7.92. The molecule has 1 aliphatic rings. The van der Waals surface area contributed by atoms with E-state index in [1.165, 1.54) is 29.2 Å². The third-order valence-corrected chi connectivity index (χ3v) is 11.0. The summed E-state index contributed by atoms with van der Waals surface area (Å²) in [5.41, 5.74) is 2.37. The van der Waals surface area contributed by atoms with Crippen LogP contribution < -0.4 is 9.62 Å². The van der Waals surface area contributed by atoms with Crippen LogP contribution in [0.2, 0.25) is 15.1 Å². The largest absolute Gasteiger partial charge is 0.352 e. The Balaban J connectivity index is 1.60. The van der Waals surface area contributed by atoms with Crippen LogP contribution in [0.3, 0.4) is 0 Å². The first-order valence-electron chi connectivity index (χ1n) is 15.4. The number of aryl methyl sites for hydroxylation is 1. The predicted molar refractivity (Wildman–Crippen MR) is 189 cm³/mol. The van der Waals surface area contributed by atoms with Crippen LogP contribution in [0.1, 0.15) is 42.4 Å². The molecule has 0 aromatic heterocycles. The summed E-state index contributed by atoms with van der Waals surface area (Å²) in [7, 11) is -4.33. The molecule has 0 heterocycles. The second kappa shape index (κ2) is 15.6. The smallest absolute Gasteiger partial charge is 0.264 e. The summed E-state index contributed by atoms with van der Waals surface area (Å²) in [4.78, 5) is 30.2. The molecule has 2 amide bonds. The Morgan fingerprint density at radius 2 is 1.51 bits per heavy atom. The monoisotopic (exact) mass is 711 g/mol.